The van der Waals surface area contributed by atoms with Crippen LogP contribution in [0.4, 0.5) is 0 Å². The van der Waals surface area contributed by atoms with Crippen LogP contribution in [0, 0.1) is 13.8 Å². The molecule has 0 N–H and O–H groups in total. The molecule has 0 fully saturated rings. The van der Waals surface area contributed by atoms with E-state index in [4.69, 9.17) is 4.42 Å². The smallest absolute Gasteiger partial charge is 0.276 e. The molecule has 2 heterocycles. The normalized spacial score (nSPS) is 13.3. The van der Waals surface area contributed by atoms with Gasteiger partial charge >= 0.3 is 0 Å². The fourth-order valence-corrected chi connectivity index (χ4v) is 3.99. The lowest BCUT2D eigenvalue weighted by atomic mass is 10.1. The molecule has 0 radical (unpaired) electrons. The summed E-state index contributed by atoms with van der Waals surface area (Å²) in [5.74, 6) is 0.720. The Bertz CT molecular complexity index is 1010. The first-order valence-electron chi connectivity index (χ1n) is 9.03. The molecule has 4 rings (SSSR count). The molecule has 1 aliphatic rings. The number of benzene rings is 2. The van der Waals surface area contributed by atoms with Crippen molar-refractivity contribution in [2.24, 2.45) is 0 Å². The van der Waals surface area contributed by atoms with Crippen molar-refractivity contribution in [3.05, 3.63) is 64.7 Å². The van der Waals surface area contributed by atoms with Crippen molar-refractivity contribution in [1.82, 2.24) is 15.1 Å². The summed E-state index contributed by atoms with van der Waals surface area (Å²) in [7, 11) is 0. The van der Waals surface area contributed by atoms with E-state index in [1.54, 1.807) is 24.3 Å². The minimum Gasteiger partial charge on any atom is -0.411 e. The largest absolute Gasteiger partial charge is 0.411 e. The standard InChI is InChI=1S/C21H19N3O3S/c1-13-10-14(2)12-15(11-13)18-22-23-21(27-18)28-9-5-8-24-19(25)16-6-3-4-7-17(16)20(24)26/h3-4,6-7,10-12H,5,8-9H2,1-2H3. The number of nitrogens with zero attached hydrogens (tertiary/aromatic N) is 3. The first-order valence-corrected chi connectivity index (χ1v) is 10.0. The molecule has 2 amide bonds. The third kappa shape index (κ3) is 3.57. The zero-order chi connectivity index (χ0) is 19.7. The molecule has 0 aliphatic carbocycles. The van der Waals surface area contributed by atoms with E-state index in [1.165, 1.54) is 16.7 Å². The molecule has 1 aliphatic heterocycles. The molecule has 6 nitrogen and oxygen atoms in total. The summed E-state index contributed by atoms with van der Waals surface area (Å²) in [6.07, 6.45) is 0.650. The minimum atomic E-state index is -0.222. The molecule has 0 saturated heterocycles. The summed E-state index contributed by atoms with van der Waals surface area (Å²) in [5, 5.41) is 8.69. The summed E-state index contributed by atoms with van der Waals surface area (Å²) in [6.45, 7) is 4.43. The summed E-state index contributed by atoms with van der Waals surface area (Å²) >= 11 is 1.42. The number of imide groups is 1. The predicted octanol–water partition coefficient (Wildman–Crippen LogP) is 4.13. The quantitative estimate of drug-likeness (QED) is 0.356. The molecule has 0 spiro atoms. The number of carbonyl (C=O) groups excluding carboxylic acids is 2. The fraction of sp³-hybridized carbons (Fsp3) is 0.238. The van der Waals surface area contributed by atoms with Gasteiger partial charge in [-0.3, -0.25) is 14.5 Å². The summed E-state index contributed by atoms with van der Waals surface area (Å²) in [5.41, 5.74) is 4.15. The molecule has 0 unspecified atom stereocenters. The lowest BCUT2D eigenvalue weighted by Gasteiger charge is -2.12. The summed E-state index contributed by atoms with van der Waals surface area (Å²) in [6, 6.07) is 13.0. The third-order valence-corrected chi connectivity index (χ3v) is 5.41. The second-order valence-electron chi connectivity index (χ2n) is 6.76. The van der Waals surface area contributed by atoms with Gasteiger partial charge in [-0.1, -0.05) is 41.1 Å². The molecule has 28 heavy (non-hydrogen) atoms. The highest BCUT2D eigenvalue weighted by atomic mass is 32.2. The van der Waals surface area contributed by atoms with Crippen LogP contribution in [0.5, 0.6) is 0 Å². The van der Waals surface area contributed by atoms with E-state index >= 15 is 0 Å². The lowest BCUT2D eigenvalue weighted by Crippen LogP contribution is -2.30. The van der Waals surface area contributed by atoms with Gasteiger partial charge in [-0.15, -0.1) is 10.2 Å². The number of amides is 2. The molecule has 7 heteroatoms. The van der Waals surface area contributed by atoms with Crippen LogP contribution in [0.25, 0.3) is 11.5 Å². The van der Waals surface area contributed by atoms with Gasteiger partial charge in [-0.25, -0.2) is 0 Å². The van der Waals surface area contributed by atoms with Crippen LogP contribution in [0.2, 0.25) is 0 Å². The van der Waals surface area contributed by atoms with Crippen LogP contribution in [-0.4, -0.2) is 39.2 Å². The third-order valence-electron chi connectivity index (χ3n) is 4.50. The predicted molar refractivity (Wildman–Crippen MR) is 106 cm³/mol. The van der Waals surface area contributed by atoms with Gasteiger partial charge in [0.2, 0.25) is 5.89 Å². The van der Waals surface area contributed by atoms with Crippen LogP contribution >= 0.6 is 11.8 Å². The van der Waals surface area contributed by atoms with Gasteiger partial charge in [0.15, 0.2) is 0 Å². The number of hydrogen-bond acceptors (Lipinski definition) is 6. The molecule has 0 saturated carbocycles. The second-order valence-corrected chi connectivity index (χ2v) is 7.81. The Balaban J connectivity index is 1.33. The average molecular weight is 393 g/mol. The Morgan fingerprint density at radius 2 is 1.61 bits per heavy atom. The van der Waals surface area contributed by atoms with Crippen molar-refractivity contribution in [2.75, 3.05) is 12.3 Å². The van der Waals surface area contributed by atoms with Crippen LogP contribution in [-0.2, 0) is 0 Å². The molecule has 3 aromatic rings. The van der Waals surface area contributed by atoms with Crippen molar-refractivity contribution in [3.63, 3.8) is 0 Å². The van der Waals surface area contributed by atoms with Gasteiger partial charge in [0.05, 0.1) is 11.1 Å². The minimum absolute atomic E-state index is 0.222. The first kappa shape index (κ1) is 18.4. The average Bonchev–Trinajstić information content (AvgIpc) is 3.23. The Kier molecular flexibility index (Phi) is 5.00. The van der Waals surface area contributed by atoms with E-state index in [2.05, 4.69) is 16.3 Å². The van der Waals surface area contributed by atoms with Crippen LogP contribution in [0.1, 0.15) is 38.3 Å². The zero-order valence-corrected chi connectivity index (χ0v) is 16.5. The molecule has 0 bridgehead atoms. The summed E-state index contributed by atoms with van der Waals surface area (Å²) in [4.78, 5) is 26.0. The van der Waals surface area contributed by atoms with E-state index in [0.29, 0.717) is 41.0 Å². The van der Waals surface area contributed by atoms with Gasteiger partial charge in [-0.05, 0) is 44.5 Å². The van der Waals surface area contributed by atoms with Crippen molar-refractivity contribution in [3.8, 4) is 11.5 Å². The molecule has 1 aromatic heterocycles. The molecule has 2 aromatic carbocycles. The molecular formula is C21H19N3O3S. The second kappa shape index (κ2) is 7.59. The van der Waals surface area contributed by atoms with E-state index in [-0.39, 0.29) is 11.8 Å². The molecule has 142 valence electrons. The van der Waals surface area contributed by atoms with Gasteiger partial charge < -0.3 is 4.42 Å². The van der Waals surface area contributed by atoms with E-state index in [9.17, 15) is 9.59 Å². The number of aryl methyl sites for hydroxylation is 2. The number of rotatable bonds is 6. The summed E-state index contributed by atoms with van der Waals surface area (Å²) < 4.78 is 5.74. The Hall–Kier alpha value is -2.93. The number of hydrogen-bond donors (Lipinski definition) is 0. The lowest BCUT2D eigenvalue weighted by molar-refractivity contribution is 0.0655. The maximum absolute atomic E-state index is 12.3. The SMILES string of the molecule is Cc1cc(C)cc(-c2nnc(SCCCN3C(=O)c4ccccc4C3=O)o2)c1. The highest BCUT2D eigenvalue weighted by Gasteiger charge is 2.34. The maximum atomic E-state index is 12.3. The topological polar surface area (TPSA) is 76.3 Å². The van der Waals surface area contributed by atoms with Crippen molar-refractivity contribution in [2.45, 2.75) is 25.5 Å². The number of thioether (sulfide) groups is 1. The van der Waals surface area contributed by atoms with Gasteiger partial charge in [0.1, 0.15) is 0 Å². The van der Waals surface area contributed by atoms with Crippen molar-refractivity contribution in [1.29, 1.82) is 0 Å². The van der Waals surface area contributed by atoms with Crippen LogP contribution < -0.4 is 0 Å². The van der Waals surface area contributed by atoms with Gasteiger partial charge in [-0.2, -0.15) is 0 Å². The number of aromatic nitrogens is 2. The zero-order valence-electron chi connectivity index (χ0n) is 15.6. The maximum Gasteiger partial charge on any atom is 0.276 e. The van der Waals surface area contributed by atoms with Crippen molar-refractivity contribution >= 4 is 23.6 Å². The van der Waals surface area contributed by atoms with Gasteiger partial charge in [0, 0.05) is 17.9 Å². The molecular weight excluding hydrogens is 374 g/mol. The monoisotopic (exact) mass is 393 g/mol. The fourth-order valence-electron chi connectivity index (χ4n) is 3.31. The van der Waals surface area contributed by atoms with Crippen LogP contribution in [0.15, 0.2) is 52.1 Å². The Morgan fingerprint density at radius 3 is 2.25 bits per heavy atom. The number of fused-ring (bicyclic) bond motifs is 1. The van der Waals surface area contributed by atoms with E-state index in [0.717, 1.165) is 16.7 Å². The van der Waals surface area contributed by atoms with E-state index in [1.807, 2.05) is 26.0 Å². The van der Waals surface area contributed by atoms with Gasteiger partial charge in [0.25, 0.3) is 17.0 Å². The van der Waals surface area contributed by atoms with Crippen molar-refractivity contribution < 1.29 is 14.0 Å². The van der Waals surface area contributed by atoms with E-state index < -0.39 is 0 Å². The highest BCUT2D eigenvalue weighted by Crippen LogP contribution is 2.26. The Morgan fingerprint density at radius 1 is 0.964 bits per heavy atom. The first-order chi connectivity index (χ1) is 13.5. The highest BCUT2D eigenvalue weighted by molar-refractivity contribution is 7.99. The number of carbonyl (C=O) groups is 2. The van der Waals surface area contributed by atoms with Crippen LogP contribution in [0.3, 0.4) is 0 Å². The Labute approximate surface area is 167 Å². The molecule has 0 atom stereocenters.